The Balaban J connectivity index is 3.35. The minimum atomic E-state index is -0.632. The monoisotopic (exact) mass is 230 g/mol. The highest BCUT2D eigenvalue weighted by atomic mass is 35.5. The Hall–Kier alpha value is -1.10. The Morgan fingerprint density at radius 3 is 2.47 bits per heavy atom. The first-order valence-corrected chi connectivity index (χ1v) is 4.63. The molecule has 0 aliphatic carbocycles. The van der Waals surface area contributed by atoms with Crippen LogP contribution in [0.4, 0.5) is 0 Å². The van der Waals surface area contributed by atoms with Crippen LogP contribution in [0.25, 0.3) is 0 Å². The lowest BCUT2D eigenvalue weighted by atomic mass is 10.0. The van der Waals surface area contributed by atoms with Gasteiger partial charge >= 0.3 is 0 Å². The fourth-order valence-electron chi connectivity index (χ4n) is 1.32. The molecule has 0 unspecified atom stereocenters. The number of aliphatic hydroxyl groups excluding tert-OH is 2. The number of halogens is 1. The van der Waals surface area contributed by atoms with Gasteiger partial charge in [0, 0.05) is 11.1 Å². The van der Waals surface area contributed by atoms with Crippen molar-refractivity contribution < 1.29 is 19.7 Å². The number of hydrogen-bond donors (Lipinski definition) is 2. The molecule has 2 N–H and O–H groups in total. The van der Waals surface area contributed by atoms with E-state index >= 15 is 0 Å². The molecular weight excluding hydrogens is 220 g/mol. The standard InChI is InChI=1S/C10H11ClO4/c1-15-9-3-6(10(11)14)2-7(4-12)8(9)5-13/h2-3,12-13H,4-5H2,1H3. The summed E-state index contributed by atoms with van der Waals surface area (Å²) in [4.78, 5) is 10.9. The first-order chi connectivity index (χ1) is 7.13. The molecule has 5 heteroatoms. The lowest BCUT2D eigenvalue weighted by Gasteiger charge is -2.11. The number of benzene rings is 1. The van der Waals surface area contributed by atoms with Crippen molar-refractivity contribution in [3.8, 4) is 5.75 Å². The SMILES string of the molecule is COc1cc(C(=O)Cl)cc(CO)c1CO. The summed E-state index contributed by atoms with van der Waals surface area (Å²) in [6.07, 6.45) is 0. The summed E-state index contributed by atoms with van der Waals surface area (Å²) >= 11 is 5.32. The normalized spacial score (nSPS) is 10.1. The van der Waals surface area contributed by atoms with Gasteiger partial charge in [0.05, 0.1) is 20.3 Å². The highest BCUT2D eigenvalue weighted by Gasteiger charge is 2.13. The zero-order chi connectivity index (χ0) is 11.4. The van der Waals surface area contributed by atoms with E-state index in [0.29, 0.717) is 16.9 Å². The zero-order valence-electron chi connectivity index (χ0n) is 8.16. The molecule has 0 saturated heterocycles. The van der Waals surface area contributed by atoms with Gasteiger partial charge in [0.25, 0.3) is 5.24 Å². The molecule has 0 radical (unpaired) electrons. The number of rotatable bonds is 4. The predicted octanol–water partition coefficient (Wildman–Crippen LogP) is 1.06. The van der Waals surface area contributed by atoms with Crippen molar-refractivity contribution in [2.24, 2.45) is 0 Å². The van der Waals surface area contributed by atoms with E-state index in [9.17, 15) is 4.79 Å². The van der Waals surface area contributed by atoms with Gasteiger partial charge < -0.3 is 14.9 Å². The largest absolute Gasteiger partial charge is 0.496 e. The van der Waals surface area contributed by atoms with Crippen LogP contribution in [0.1, 0.15) is 21.5 Å². The van der Waals surface area contributed by atoms with Gasteiger partial charge in [-0.1, -0.05) is 0 Å². The molecule has 0 heterocycles. The smallest absolute Gasteiger partial charge is 0.252 e. The summed E-state index contributed by atoms with van der Waals surface area (Å²) in [5, 5.41) is 17.5. The first-order valence-electron chi connectivity index (χ1n) is 4.25. The number of carbonyl (C=O) groups excluding carboxylic acids is 1. The number of ether oxygens (including phenoxy) is 1. The van der Waals surface area contributed by atoms with Gasteiger partial charge in [-0.25, -0.2) is 0 Å². The van der Waals surface area contributed by atoms with Crippen LogP contribution in [0.5, 0.6) is 5.75 Å². The summed E-state index contributed by atoms with van der Waals surface area (Å²) in [6.45, 7) is -0.555. The minimum absolute atomic E-state index is 0.231. The quantitative estimate of drug-likeness (QED) is 0.759. The molecule has 4 nitrogen and oxygen atoms in total. The van der Waals surface area contributed by atoms with Crippen LogP contribution >= 0.6 is 11.6 Å². The van der Waals surface area contributed by atoms with Crippen LogP contribution in [-0.4, -0.2) is 22.6 Å². The van der Waals surface area contributed by atoms with Gasteiger partial charge in [-0.15, -0.1) is 0 Å². The molecule has 1 aromatic rings. The zero-order valence-corrected chi connectivity index (χ0v) is 8.91. The Morgan fingerprint density at radius 1 is 1.40 bits per heavy atom. The van der Waals surface area contributed by atoms with Crippen molar-refractivity contribution in [3.05, 3.63) is 28.8 Å². The first kappa shape index (κ1) is 12.0. The molecule has 15 heavy (non-hydrogen) atoms. The van der Waals surface area contributed by atoms with Crippen LogP contribution in [-0.2, 0) is 13.2 Å². The van der Waals surface area contributed by atoms with E-state index < -0.39 is 5.24 Å². The molecule has 1 aromatic carbocycles. The number of carbonyl (C=O) groups is 1. The Labute approximate surface area is 92.1 Å². The average Bonchev–Trinajstić information content (AvgIpc) is 2.26. The van der Waals surface area contributed by atoms with Gasteiger partial charge in [0.1, 0.15) is 5.75 Å². The maximum atomic E-state index is 10.9. The second kappa shape index (κ2) is 5.11. The van der Waals surface area contributed by atoms with E-state index in [1.54, 1.807) is 0 Å². The Morgan fingerprint density at radius 2 is 2.07 bits per heavy atom. The Kier molecular flexibility index (Phi) is 4.08. The van der Waals surface area contributed by atoms with Crippen molar-refractivity contribution in [1.29, 1.82) is 0 Å². The molecule has 0 spiro atoms. The summed E-state index contributed by atoms with van der Waals surface area (Å²) in [6, 6.07) is 2.86. The summed E-state index contributed by atoms with van der Waals surface area (Å²) in [7, 11) is 1.41. The van der Waals surface area contributed by atoms with Gasteiger partial charge in [0.15, 0.2) is 0 Å². The second-order valence-corrected chi connectivity index (χ2v) is 3.25. The van der Waals surface area contributed by atoms with Crippen molar-refractivity contribution in [2.75, 3.05) is 7.11 Å². The highest BCUT2D eigenvalue weighted by molar-refractivity contribution is 6.67. The van der Waals surface area contributed by atoms with Crippen molar-refractivity contribution in [3.63, 3.8) is 0 Å². The van der Waals surface area contributed by atoms with E-state index in [-0.39, 0.29) is 18.8 Å². The molecule has 1 rings (SSSR count). The van der Waals surface area contributed by atoms with Gasteiger partial charge in [-0.3, -0.25) is 4.79 Å². The fraction of sp³-hybridized carbons (Fsp3) is 0.300. The number of aliphatic hydroxyl groups is 2. The van der Waals surface area contributed by atoms with E-state index in [4.69, 9.17) is 26.6 Å². The van der Waals surface area contributed by atoms with Crippen molar-refractivity contribution >= 4 is 16.8 Å². The topological polar surface area (TPSA) is 66.8 Å². The van der Waals surface area contributed by atoms with Gasteiger partial charge in [-0.05, 0) is 29.3 Å². The molecule has 0 fully saturated rings. The molecule has 0 amide bonds. The lowest BCUT2D eigenvalue weighted by molar-refractivity contribution is 0.108. The van der Waals surface area contributed by atoms with E-state index in [0.717, 1.165) is 0 Å². The van der Waals surface area contributed by atoms with Gasteiger partial charge in [-0.2, -0.15) is 0 Å². The van der Waals surface area contributed by atoms with E-state index in [2.05, 4.69) is 0 Å². The molecule has 82 valence electrons. The van der Waals surface area contributed by atoms with Gasteiger partial charge in [0.2, 0.25) is 0 Å². The molecule has 0 aliphatic rings. The van der Waals surface area contributed by atoms with Crippen molar-refractivity contribution in [2.45, 2.75) is 13.2 Å². The highest BCUT2D eigenvalue weighted by Crippen LogP contribution is 2.25. The minimum Gasteiger partial charge on any atom is -0.496 e. The molecule has 0 bridgehead atoms. The van der Waals surface area contributed by atoms with Crippen LogP contribution < -0.4 is 4.74 Å². The lowest BCUT2D eigenvalue weighted by Crippen LogP contribution is -2.02. The number of hydrogen-bond acceptors (Lipinski definition) is 4. The summed E-state index contributed by atoms with van der Waals surface area (Å²) < 4.78 is 4.99. The van der Waals surface area contributed by atoms with E-state index in [1.165, 1.54) is 19.2 Å². The molecule has 0 aromatic heterocycles. The fourth-order valence-corrected chi connectivity index (χ4v) is 1.43. The van der Waals surface area contributed by atoms with E-state index in [1.807, 2.05) is 0 Å². The van der Waals surface area contributed by atoms with Crippen LogP contribution in [0.2, 0.25) is 0 Å². The Bertz CT molecular complexity index is 351. The average molecular weight is 231 g/mol. The molecule has 0 atom stereocenters. The molecular formula is C10H11ClO4. The predicted molar refractivity (Wildman–Crippen MR) is 55.0 cm³/mol. The third kappa shape index (κ3) is 2.47. The molecule has 0 saturated carbocycles. The van der Waals surface area contributed by atoms with Crippen LogP contribution in [0.3, 0.4) is 0 Å². The summed E-state index contributed by atoms with van der Waals surface area (Å²) in [5.74, 6) is 0.341. The number of methoxy groups -OCH3 is 1. The maximum Gasteiger partial charge on any atom is 0.252 e. The summed E-state index contributed by atoms with van der Waals surface area (Å²) in [5.41, 5.74) is 1.12. The molecule has 0 aliphatic heterocycles. The van der Waals surface area contributed by atoms with Crippen LogP contribution in [0.15, 0.2) is 12.1 Å². The maximum absolute atomic E-state index is 10.9. The van der Waals surface area contributed by atoms with Crippen molar-refractivity contribution in [1.82, 2.24) is 0 Å². The second-order valence-electron chi connectivity index (χ2n) is 2.91. The van der Waals surface area contributed by atoms with Crippen LogP contribution in [0, 0.1) is 0 Å². The third-order valence-electron chi connectivity index (χ3n) is 2.08. The third-order valence-corrected chi connectivity index (χ3v) is 2.29.